The van der Waals surface area contributed by atoms with Crippen molar-refractivity contribution in [3.8, 4) is 0 Å². The summed E-state index contributed by atoms with van der Waals surface area (Å²) < 4.78 is 0. The summed E-state index contributed by atoms with van der Waals surface area (Å²) in [7, 11) is 0. The van der Waals surface area contributed by atoms with E-state index in [9.17, 15) is 0 Å². The number of thiophene rings is 1. The number of nitrogens with two attached hydrogens (primary N) is 1. The minimum absolute atomic E-state index is 0.429. The van der Waals surface area contributed by atoms with Crippen molar-refractivity contribution in [1.29, 1.82) is 0 Å². The number of rotatable bonds is 5. The maximum atomic E-state index is 5.38. The van der Waals surface area contributed by atoms with Gasteiger partial charge in [-0.15, -0.1) is 11.3 Å². The molecule has 2 aromatic rings. The molecule has 0 saturated heterocycles. The van der Waals surface area contributed by atoms with Crippen molar-refractivity contribution in [3.63, 3.8) is 0 Å². The molecule has 0 aromatic carbocycles. The first-order valence-electron chi connectivity index (χ1n) is 5.76. The fourth-order valence-electron chi connectivity index (χ4n) is 1.72. The third-order valence-corrected chi connectivity index (χ3v) is 3.59. The average Bonchev–Trinajstić information content (AvgIpc) is 2.83. The predicted molar refractivity (Wildman–Crippen MR) is 73.2 cm³/mol. The van der Waals surface area contributed by atoms with E-state index >= 15 is 0 Å². The summed E-state index contributed by atoms with van der Waals surface area (Å²) >= 11 is 1.59. The number of nitrogen functional groups attached to an aromatic ring is 1. The first-order valence-corrected chi connectivity index (χ1v) is 6.64. The van der Waals surface area contributed by atoms with Gasteiger partial charge in [-0.1, -0.05) is 13.8 Å². The van der Waals surface area contributed by atoms with Crippen molar-refractivity contribution in [3.05, 3.63) is 11.4 Å². The van der Waals surface area contributed by atoms with Gasteiger partial charge in [-0.05, 0) is 24.3 Å². The number of nitrogens with one attached hydrogen (secondary N) is 2. The van der Waals surface area contributed by atoms with Gasteiger partial charge in [0.15, 0.2) is 0 Å². The molecule has 2 rings (SSSR count). The monoisotopic (exact) mass is 251 g/mol. The number of fused-ring (bicyclic) bond motifs is 1. The topological polar surface area (TPSA) is 75.9 Å². The molecule has 2 heterocycles. The van der Waals surface area contributed by atoms with Crippen molar-refractivity contribution in [2.45, 2.75) is 32.7 Å². The average molecular weight is 251 g/mol. The van der Waals surface area contributed by atoms with Crippen LogP contribution in [0.3, 0.4) is 0 Å². The number of aromatic nitrogens is 2. The first kappa shape index (κ1) is 12.1. The van der Waals surface area contributed by atoms with E-state index in [4.69, 9.17) is 5.84 Å². The molecule has 0 fully saturated rings. The molecule has 6 heteroatoms. The minimum Gasteiger partial charge on any atom is -0.367 e. The number of hydrogen-bond donors (Lipinski definition) is 3. The van der Waals surface area contributed by atoms with E-state index in [1.165, 1.54) is 0 Å². The molecule has 0 bridgehead atoms. The number of anilines is 2. The first-order chi connectivity index (χ1) is 8.28. The van der Waals surface area contributed by atoms with Crippen LogP contribution in [-0.2, 0) is 0 Å². The Hall–Kier alpha value is -1.40. The maximum Gasteiger partial charge on any atom is 0.240 e. The van der Waals surface area contributed by atoms with Crippen molar-refractivity contribution in [2.24, 2.45) is 5.84 Å². The lowest BCUT2D eigenvalue weighted by Crippen LogP contribution is -2.19. The van der Waals surface area contributed by atoms with Gasteiger partial charge in [0.25, 0.3) is 0 Å². The van der Waals surface area contributed by atoms with Gasteiger partial charge >= 0.3 is 0 Å². The molecular weight excluding hydrogens is 234 g/mol. The van der Waals surface area contributed by atoms with E-state index in [1.807, 2.05) is 11.4 Å². The Kier molecular flexibility index (Phi) is 3.75. The normalized spacial score (nSPS) is 11.1. The molecule has 5 nitrogen and oxygen atoms in total. The molecule has 2 aromatic heterocycles. The highest BCUT2D eigenvalue weighted by molar-refractivity contribution is 7.16. The molecule has 4 N–H and O–H groups in total. The Bertz CT molecular complexity index is 492. The van der Waals surface area contributed by atoms with Gasteiger partial charge in [0, 0.05) is 6.04 Å². The second-order valence-corrected chi connectivity index (χ2v) is 4.73. The Morgan fingerprint density at radius 3 is 2.76 bits per heavy atom. The Morgan fingerprint density at radius 1 is 1.35 bits per heavy atom. The molecule has 0 aliphatic carbocycles. The molecular formula is C11H17N5S. The van der Waals surface area contributed by atoms with E-state index in [0.29, 0.717) is 12.0 Å². The fraction of sp³-hybridized carbons (Fsp3) is 0.455. The van der Waals surface area contributed by atoms with Gasteiger partial charge < -0.3 is 5.32 Å². The van der Waals surface area contributed by atoms with E-state index in [0.717, 1.165) is 28.9 Å². The molecule has 0 atom stereocenters. The molecule has 0 aliphatic rings. The summed E-state index contributed by atoms with van der Waals surface area (Å²) in [5.74, 6) is 6.69. The molecule has 0 unspecified atom stereocenters. The molecule has 0 radical (unpaired) electrons. The summed E-state index contributed by atoms with van der Waals surface area (Å²) in [6, 6.07) is 2.46. The van der Waals surface area contributed by atoms with E-state index < -0.39 is 0 Å². The predicted octanol–water partition coefficient (Wildman–Crippen LogP) is 2.58. The van der Waals surface area contributed by atoms with E-state index in [1.54, 1.807) is 11.3 Å². The molecule has 0 aliphatic heterocycles. The van der Waals surface area contributed by atoms with Crippen LogP contribution in [-0.4, -0.2) is 16.0 Å². The van der Waals surface area contributed by atoms with E-state index in [-0.39, 0.29) is 0 Å². The number of hydrogen-bond acceptors (Lipinski definition) is 6. The van der Waals surface area contributed by atoms with Crippen LogP contribution in [0.25, 0.3) is 10.2 Å². The zero-order chi connectivity index (χ0) is 12.3. The lowest BCUT2D eigenvalue weighted by molar-refractivity contribution is 0.669. The molecule has 92 valence electrons. The third-order valence-electron chi connectivity index (χ3n) is 2.78. The van der Waals surface area contributed by atoms with Crippen LogP contribution in [0.15, 0.2) is 11.4 Å². The van der Waals surface area contributed by atoms with Gasteiger partial charge in [-0.3, -0.25) is 5.43 Å². The fourth-order valence-corrected chi connectivity index (χ4v) is 2.48. The van der Waals surface area contributed by atoms with Crippen LogP contribution in [0.2, 0.25) is 0 Å². The summed E-state index contributed by atoms with van der Waals surface area (Å²) in [6.45, 7) is 4.32. The standard InChI is InChI=1S/C11H17N5S/c1-3-7(4-2)13-9-8-5-6-17-10(8)15-11(14-9)16-12/h5-7H,3-4,12H2,1-2H3,(H2,13,14,15,16). The van der Waals surface area contributed by atoms with Crippen LogP contribution in [0, 0.1) is 0 Å². The number of nitrogens with zero attached hydrogens (tertiary/aromatic N) is 2. The lowest BCUT2D eigenvalue weighted by Gasteiger charge is -2.16. The summed E-state index contributed by atoms with van der Waals surface area (Å²) in [5, 5.41) is 6.51. The molecule has 17 heavy (non-hydrogen) atoms. The van der Waals surface area contributed by atoms with Crippen LogP contribution in [0.4, 0.5) is 11.8 Å². The summed E-state index contributed by atoms with van der Waals surface area (Å²) in [5.41, 5.74) is 2.50. The van der Waals surface area contributed by atoms with Gasteiger partial charge in [-0.2, -0.15) is 4.98 Å². The molecule has 0 amide bonds. The highest BCUT2D eigenvalue weighted by Crippen LogP contribution is 2.27. The van der Waals surface area contributed by atoms with Crippen molar-refractivity contribution >= 4 is 33.3 Å². The van der Waals surface area contributed by atoms with E-state index in [2.05, 4.69) is 34.6 Å². The Labute approximate surface area is 104 Å². The minimum atomic E-state index is 0.429. The third kappa shape index (κ3) is 2.48. The highest BCUT2D eigenvalue weighted by Gasteiger charge is 2.11. The van der Waals surface area contributed by atoms with Gasteiger partial charge in [0.1, 0.15) is 10.6 Å². The van der Waals surface area contributed by atoms with Gasteiger partial charge in [0.05, 0.1) is 5.39 Å². The zero-order valence-corrected chi connectivity index (χ0v) is 10.8. The van der Waals surface area contributed by atoms with Crippen LogP contribution < -0.4 is 16.6 Å². The maximum absolute atomic E-state index is 5.38. The van der Waals surface area contributed by atoms with Gasteiger partial charge in [0.2, 0.25) is 5.95 Å². The lowest BCUT2D eigenvalue weighted by atomic mass is 10.2. The number of hydrazine groups is 1. The van der Waals surface area contributed by atoms with Crippen LogP contribution >= 0.6 is 11.3 Å². The Balaban J connectivity index is 2.39. The van der Waals surface area contributed by atoms with Crippen LogP contribution in [0.5, 0.6) is 0 Å². The zero-order valence-electron chi connectivity index (χ0n) is 10.0. The second-order valence-electron chi connectivity index (χ2n) is 3.84. The molecule has 0 spiro atoms. The largest absolute Gasteiger partial charge is 0.367 e. The SMILES string of the molecule is CCC(CC)Nc1nc(NN)nc2sccc12. The highest BCUT2D eigenvalue weighted by atomic mass is 32.1. The Morgan fingerprint density at radius 2 is 2.12 bits per heavy atom. The van der Waals surface area contributed by atoms with Gasteiger partial charge in [-0.25, -0.2) is 10.8 Å². The smallest absolute Gasteiger partial charge is 0.240 e. The second kappa shape index (κ2) is 5.29. The van der Waals surface area contributed by atoms with Crippen molar-refractivity contribution in [1.82, 2.24) is 9.97 Å². The summed E-state index contributed by atoms with van der Waals surface area (Å²) in [4.78, 5) is 9.63. The van der Waals surface area contributed by atoms with Crippen molar-refractivity contribution in [2.75, 3.05) is 10.7 Å². The quantitative estimate of drug-likeness (QED) is 0.562. The molecule has 0 saturated carbocycles. The van der Waals surface area contributed by atoms with Crippen LogP contribution in [0.1, 0.15) is 26.7 Å². The summed E-state index contributed by atoms with van der Waals surface area (Å²) in [6.07, 6.45) is 2.13. The van der Waals surface area contributed by atoms with Crippen molar-refractivity contribution < 1.29 is 0 Å².